The maximum absolute atomic E-state index is 13.7. The van der Waals surface area contributed by atoms with Crippen molar-refractivity contribution in [3.63, 3.8) is 0 Å². The lowest BCUT2D eigenvalue weighted by molar-refractivity contribution is -0.137. The number of para-hydroxylation sites is 2. The van der Waals surface area contributed by atoms with Crippen molar-refractivity contribution in [1.82, 2.24) is 9.80 Å². The Morgan fingerprint density at radius 2 is 1.66 bits per heavy atom. The molecule has 0 aromatic heterocycles. The molecule has 234 valence electrons. The summed E-state index contributed by atoms with van der Waals surface area (Å²) in [5, 5.41) is 17.9. The number of amides is 5. The number of alkyl halides is 3. The number of hydrogen-bond acceptors (Lipinski definition) is 5. The topological polar surface area (TPSA) is 123 Å². The first-order chi connectivity index (χ1) is 20.9. The molecule has 0 radical (unpaired) electrons. The predicted molar refractivity (Wildman–Crippen MR) is 160 cm³/mol. The summed E-state index contributed by atoms with van der Waals surface area (Å²) >= 11 is 0. The molecule has 3 atom stereocenters. The second-order valence-corrected chi connectivity index (χ2v) is 10.6. The van der Waals surface area contributed by atoms with E-state index in [1.807, 2.05) is 13.0 Å². The molecule has 4 N–H and O–H groups in total. The number of nitrogens with zero attached hydrogens (tertiary/aromatic N) is 2. The van der Waals surface area contributed by atoms with E-state index in [2.05, 4.69) is 16.0 Å². The minimum atomic E-state index is -4.50. The molecule has 5 amide bonds. The fourth-order valence-electron chi connectivity index (χ4n) is 4.68. The second-order valence-electron chi connectivity index (χ2n) is 10.6. The minimum Gasteiger partial charge on any atom is -0.485 e. The van der Waals surface area contributed by atoms with Crippen molar-refractivity contribution in [3.05, 3.63) is 83.9 Å². The molecule has 13 heteroatoms. The van der Waals surface area contributed by atoms with E-state index < -0.39 is 41.9 Å². The average Bonchev–Trinajstić information content (AvgIpc) is 2.99. The number of benzene rings is 3. The van der Waals surface area contributed by atoms with Gasteiger partial charge in [0, 0.05) is 30.9 Å². The summed E-state index contributed by atoms with van der Waals surface area (Å²) in [4.78, 5) is 42.4. The van der Waals surface area contributed by atoms with Gasteiger partial charge in [-0.05, 0) is 55.5 Å². The van der Waals surface area contributed by atoms with Gasteiger partial charge < -0.3 is 35.6 Å². The third kappa shape index (κ3) is 7.78. The van der Waals surface area contributed by atoms with E-state index in [1.54, 1.807) is 49.4 Å². The van der Waals surface area contributed by atoms with E-state index in [4.69, 9.17) is 4.74 Å². The number of carbonyl (C=O) groups is 3. The number of carbonyl (C=O) groups excluding carboxylic acids is 3. The molecule has 0 aliphatic carbocycles. The van der Waals surface area contributed by atoms with Gasteiger partial charge in [0.05, 0.1) is 36.0 Å². The third-order valence-corrected chi connectivity index (χ3v) is 7.24. The summed E-state index contributed by atoms with van der Waals surface area (Å²) in [6, 6.07) is 15.9. The number of urea groups is 2. The number of rotatable bonds is 7. The molecule has 3 aromatic rings. The van der Waals surface area contributed by atoms with Gasteiger partial charge in [0.1, 0.15) is 6.10 Å². The Morgan fingerprint density at radius 1 is 1.00 bits per heavy atom. The van der Waals surface area contributed by atoms with Crippen LogP contribution in [-0.2, 0) is 6.18 Å². The number of aliphatic hydroxyl groups excluding tert-OH is 1. The Bertz CT molecular complexity index is 1470. The summed E-state index contributed by atoms with van der Waals surface area (Å²) < 4.78 is 45.2. The Balaban J connectivity index is 1.58. The van der Waals surface area contributed by atoms with E-state index in [1.165, 1.54) is 16.8 Å². The molecular weight excluding hydrogens is 579 g/mol. The van der Waals surface area contributed by atoms with E-state index in [0.29, 0.717) is 5.69 Å². The average molecular weight is 614 g/mol. The van der Waals surface area contributed by atoms with Crippen LogP contribution in [0.25, 0.3) is 0 Å². The number of halogens is 3. The molecule has 0 unspecified atom stereocenters. The molecule has 1 aliphatic heterocycles. The summed E-state index contributed by atoms with van der Waals surface area (Å²) in [6.07, 6.45) is -5.20. The molecule has 0 fully saturated rings. The summed E-state index contributed by atoms with van der Waals surface area (Å²) in [7, 11) is 1.51. The molecule has 3 aromatic carbocycles. The van der Waals surface area contributed by atoms with Crippen molar-refractivity contribution in [1.29, 1.82) is 0 Å². The molecule has 0 spiro atoms. The van der Waals surface area contributed by atoms with Gasteiger partial charge in [0.25, 0.3) is 5.91 Å². The lowest BCUT2D eigenvalue weighted by atomic mass is 9.99. The number of likely N-dealkylation sites (N-methyl/N-ethyl adjacent to an activating group) is 1. The first kappa shape index (κ1) is 32.1. The molecule has 1 aliphatic rings. The SMILES string of the molecule is C[C@H](CO)N1C[C@H](C)[C@@H](CN(C)C(=O)Nc2ccc(C(F)(F)F)cc2)Oc2c(NC(=O)Nc3ccccc3)cccc2C1=O. The zero-order valence-corrected chi connectivity index (χ0v) is 24.4. The molecule has 0 saturated carbocycles. The van der Waals surface area contributed by atoms with Crippen LogP contribution < -0.4 is 20.7 Å². The van der Waals surface area contributed by atoms with Crippen LogP contribution in [0.1, 0.15) is 29.8 Å². The van der Waals surface area contributed by atoms with Gasteiger partial charge in [0.15, 0.2) is 5.75 Å². The molecule has 0 bridgehead atoms. The van der Waals surface area contributed by atoms with Gasteiger partial charge in [-0.2, -0.15) is 13.2 Å². The summed E-state index contributed by atoms with van der Waals surface area (Å²) in [6.45, 7) is 3.48. The van der Waals surface area contributed by atoms with Crippen LogP contribution >= 0.6 is 0 Å². The smallest absolute Gasteiger partial charge is 0.416 e. The van der Waals surface area contributed by atoms with Crippen molar-refractivity contribution < 1.29 is 37.4 Å². The van der Waals surface area contributed by atoms with Gasteiger partial charge in [-0.1, -0.05) is 31.2 Å². The van der Waals surface area contributed by atoms with Crippen LogP contribution in [0.5, 0.6) is 5.75 Å². The van der Waals surface area contributed by atoms with E-state index in [0.717, 1.165) is 24.3 Å². The Labute approximate surface area is 252 Å². The van der Waals surface area contributed by atoms with E-state index in [9.17, 15) is 32.7 Å². The highest BCUT2D eigenvalue weighted by atomic mass is 19.4. The van der Waals surface area contributed by atoms with Crippen LogP contribution in [0.4, 0.5) is 39.8 Å². The fourth-order valence-corrected chi connectivity index (χ4v) is 4.68. The number of hydrogen-bond donors (Lipinski definition) is 4. The number of anilines is 3. The lowest BCUT2D eigenvalue weighted by Gasteiger charge is -2.38. The molecule has 0 saturated heterocycles. The zero-order chi connectivity index (χ0) is 32.0. The monoisotopic (exact) mass is 613 g/mol. The minimum absolute atomic E-state index is 0.0210. The van der Waals surface area contributed by atoms with Gasteiger partial charge in [-0.25, -0.2) is 9.59 Å². The standard InChI is InChI=1S/C31H34F3N5O5/c1-19-16-39(20(2)18-40)28(41)24-10-7-11-25(37-29(42)35-22-8-5-4-6-9-22)27(24)44-26(19)17-38(3)30(43)36-23-14-12-21(13-15-23)31(32,33)34/h4-15,19-20,26,40H,16-18H2,1-3H3,(H,36,43)(H2,35,37,42)/t19-,20+,26+/m0/s1. The van der Waals surface area contributed by atoms with Crippen LogP contribution in [0, 0.1) is 5.92 Å². The van der Waals surface area contributed by atoms with Crippen molar-refractivity contribution in [2.24, 2.45) is 5.92 Å². The second kappa shape index (κ2) is 13.7. The summed E-state index contributed by atoms with van der Waals surface area (Å²) in [5.41, 5.74) is 0.276. The van der Waals surface area contributed by atoms with Crippen molar-refractivity contribution in [2.45, 2.75) is 32.2 Å². The van der Waals surface area contributed by atoms with Crippen LogP contribution in [-0.4, -0.2) is 71.8 Å². The van der Waals surface area contributed by atoms with E-state index >= 15 is 0 Å². The number of fused-ring (bicyclic) bond motifs is 1. The molecule has 1 heterocycles. The highest BCUT2D eigenvalue weighted by Crippen LogP contribution is 2.35. The largest absolute Gasteiger partial charge is 0.485 e. The summed E-state index contributed by atoms with van der Waals surface area (Å²) in [5.74, 6) is -0.648. The van der Waals surface area contributed by atoms with Crippen molar-refractivity contribution in [2.75, 3.05) is 42.7 Å². The van der Waals surface area contributed by atoms with Crippen LogP contribution in [0.15, 0.2) is 72.8 Å². The van der Waals surface area contributed by atoms with Crippen molar-refractivity contribution >= 4 is 35.0 Å². The maximum atomic E-state index is 13.7. The van der Waals surface area contributed by atoms with Crippen LogP contribution in [0.3, 0.4) is 0 Å². The van der Waals surface area contributed by atoms with Gasteiger partial charge in [-0.3, -0.25) is 4.79 Å². The van der Waals surface area contributed by atoms with Gasteiger partial charge >= 0.3 is 18.2 Å². The van der Waals surface area contributed by atoms with E-state index in [-0.39, 0.29) is 48.3 Å². The normalized spacial score (nSPS) is 17.3. The molecule has 10 nitrogen and oxygen atoms in total. The molecule has 4 rings (SSSR count). The van der Waals surface area contributed by atoms with Gasteiger partial charge in [0.2, 0.25) is 0 Å². The third-order valence-electron chi connectivity index (χ3n) is 7.24. The van der Waals surface area contributed by atoms with Gasteiger partial charge in [-0.15, -0.1) is 0 Å². The quantitative estimate of drug-likeness (QED) is 0.271. The highest BCUT2D eigenvalue weighted by Gasteiger charge is 2.35. The maximum Gasteiger partial charge on any atom is 0.416 e. The number of nitrogens with one attached hydrogen (secondary N) is 3. The molecular formula is C31H34F3N5O5. The Morgan fingerprint density at radius 3 is 2.30 bits per heavy atom. The first-order valence-electron chi connectivity index (χ1n) is 13.9. The Hall–Kier alpha value is -4.78. The lowest BCUT2D eigenvalue weighted by Crippen LogP contribution is -2.50. The fraction of sp³-hybridized carbons (Fsp3) is 0.323. The number of ether oxygens (including phenoxy) is 1. The Kier molecular flexibility index (Phi) is 9.99. The molecule has 44 heavy (non-hydrogen) atoms. The highest BCUT2D eigenvalue weighted by molar-refractivity contribution is 6.04. The first-order valence-corrected chi connectivity index (χ1v) is 13.9. The predicted octanol–water partition coefficient (Wildman–Crippen LogP) is 5.73. The zero-order valence-electron chi connectivity index (χ0n) is 24.4. The number of aliphatic hydroxyl groups is 1. The van der Waals surface area contributed by atoms with Crippen molar-refractivity contribution in [3.8, 4) is 5.75 Å². The van der Waals surface area contributed by atoms with Crippen LogP contribution in [0.2, 0.25) is 0 Å².